The second kappa shape index (κ2) is 6.37. The average molecular weight is 315 g/mol. The van der Waals surface area contributed by atoms with Gasteiger partial charge in [-0.15, -0.1) is 0 Å². The summed E-state index contributed by atoms with van der Waals surface area (Å²) in [7, 11) is 2.98. The van der Waals surface area contributed by atoms with Gasteiger partial charge in [0, 0.05) is 25.8 Å². The third-order valence-electron chi connectivity index (χ3n) is 3.17. The molecule has 0 amide bonds. The van der Waals surface area contributed by atoms with Crippen LogP contribution in [0.4, 0.5) is 19.0 Å². The first-order valence-electron chi connectivity index (χ1n) is 6.41. The zero-order valence-corrected chi connectivity index (χ0v) is 12.1. The molecular weight excluding hydrogens is 299 g/mol. The van der Waals surface area contributed by atoms with Gasteiger partial charge in [-0.3, -0.25) is 0 Å². The number of nitrogens with two attached hydrogens (primary N) is 1. The van der Waals surface area contributed by atoms with Crippen molar-refractivity contribution in [3.05, 3.63) is 35.9 Å². The molecule has 0 aliphatic rings. The fourth-order valence-electron chi connectivity index (χ4n) is 1.94. The molecule has 120 valence electrons. The second-order valence-electron chi connectivity index (χ2n) is 4.61. The van der Waals surface area contributed by atoms with Gasteiger partial charge in [-0.1, -0.05) is 12.1 Å². The Bertz CT molecular complexity index is 619. The van der Waals surface area contributed by atoms with E-state index in [1.54, 1.807) is 6.07 Å². The average Bonchev–Trinajstić information content (AvgIpc) is 2.85. The fraction of sp³-hybridized carbons (Fsp3) is 0.357. The van der Waals surface area contributed by atoms with Crippen LogP contribution in [0.5, 0.6) is 0 Å². The van der Waals surface area contributed by atoms with E-state index in [0.717, 1.165) is 12.1 Å². The molecule has 0 aliphatic heterocycles. The summed E-state index contributed by atoms with van der Waals surface area (Å²) in [6.07, 6.45) is -4.87. The summed E-state index contributed by atoms with van der Waals surface area (Å²) >= 11 is 0. The molecule has 8 heteroatoms. The summed E-state index contributed by atoms with van der Waals surface area (Å²) in [6, 6.07) is 6.33. The highest BCUT2D eigenvalue weighted by Crippen LogP contribution is 2.31. The predicted molar refractivity (Wildman–Crippen MR) is 74.9 cm³/mol. The maximum absolute atomic E-state index is 12.5. The minimum absolute atomic E-state index is 0.277. The van der Waals surface area contributed by atoms with Crippen LogP contribution in [0.15, 0.2) is 30.3 Å². The number of nitrogen functional groups attached to an aromatic ring is 1. The molecule has 0 saturated heterocycles. The Morgan fingerprint density at radius 2 is 1.77 bits per heavy atom. The van der Waals surface area contributed by atoms with Gasteiger partial charge in [0.15, 0.2) is 6.29 Å². The van der Waals surface area contributed by atoms with Crippen LogP contribution in [0, 0.1) is 0 Å². The van der Waals surface area contributed by atoms with Crippen LogP contribution in [0.2, 0.25) is 0 Å². The summed E-state index contributed by atoms with van der Waals surface area (Å²) in [4.78, 5) is 0. The lowest BCUT2D eigenvalue weighted by molar-refractivity contribution is -0.137. The molecular formula is C14H16F3N3O2. The van der Waals surface area contributed by atoms with E-state index in [9.17, 15) is 13.2 Å². The minimum Gasteiger partial charge on any atom is -0.384 e. The van der Waals surface area contributed by atoms with Crippen molar-refractivity contribution in [1.29, 1.82) is 0 Å². The molecule has 0 unspecified atom stereocenters. The number of methoxy groups -OCH3 is 2. The number of hydrogen-bond donors (Lipinski definition) is 1. The van der Waals surface area contributed by atoms with E-state index in [1.807, 2.05) is 0 Å². The molecule has 0 saturated carbocycles. The zero-order chi connectivity index (χ0) is 16.3. The van der Waals surface area contributed by atoms with E-state index in [4.69, 9.17) is 15.2 Å². The number of nitrogens with zero attached hydrogens (tertiary/aromatic N) is 2. The topological polar surface area (TPSA) is 62.3 Å². The van der Waals surface area contributed by atoms with Gasteiger partial charge in [0.25, 0.3) is 0 Å². The van der Waals surface area contributed by atoms with Crippen LogP contribution in [0.3, 0.4) is 0 Å². The Morgan fingerprint density at radius 3 is 2.27 bits per heavy atom. The van der Waals surface area contributed by atoms with Crippen LogP contribution < -0.4 is 5.73 Å². The molecule has 1 heterocycles. The SMILES string of the molecule is COC(Cn1nc(-c2ccc(C(F)(F)F)cc2)cc1N)OC. The quantitative estimate of drug-likeness (QED) is 0.862. The largest absolute Gasteiger partial charge is 0.416 e. The van der Waals surface area contributed by atoms with Gasteiger partial charge in [-0.2, -0.15) is 18.3 Å². The van der Waals surface area contributed by atoms with Crippen LogP contribution in [-0.2, 0) is 22.2 Å². The molecule has 22 heavy (non-hydrogen) atoms. The number of ether oxygens (including phenoxy) is 2. The van der Waals surface area contributed by atoms with Crippen LogP contribution in [0.25, 0.3) is 11.3 Å². The van der Waals surface area contributed by atoms with Gasteiger partial charge in [0.2, 0.25) is 0 Å². The van der Waals surface area contributed by atoms with Crippen molar-refractivity contribution in [1.82, 2.24) is 9.78 Å². The predicted octanol–water partition coefficient (Wildman–Crippen LogP) is 2.77. The third kappa shape index (κ3) is 3.58. The molecule has 0 bridgehead atoms. The van der Waals surface area contributed by atoms with Gasteiger partial charge in [-0.25, -0.2) is 4.68 Å². The van der Waals surface area contributed by atoms with Crippen molar-refractivity contribution in [3.8, 4) is 11.3 Å². The van der Waals surface area contributed by atoms with Crippen molar-refractivity contribution in [2.24, 2.45) is 0 Å². The number of aromatic nitrogens is 2. The number of hydrogen-bond acceptors (Lipinski definition) is 4. The summed E-state index contributed by atoms with van der Waals surface area (Å²) in [5, 5.41) is 4.26. The van der Waals surface area contributed by atoms with Crippen molar-refractivity contribution < 1.29 is 22.6 Å². The normalized spacial score (nSPS) is 12.1. The zero-order valence-electron chi connectivity index (χ0n) is 12.1. The molecule has 0 atom stereocenters. The van der Waals surface area contributed by atoms with Gasteiger partial charge in [-0.05, 0) is 12.1 Å². The van der Waals surface area contributed by atoms with E-state index in [-0.39, 0.29) is 6.54 Å². The van der Waals surface area contributed by atoms with Crippen molar-refractivity contribution in [2.75, 3.05) is 20.0 Å². The lowest BCUT2D eigenvalue weighted by Gasteiger charge is -2.13. The third-order valence-corrected chi connectivity index (χ3v) is 3.17. The molecule has 2 aromatic rings. The second-order valence-corrected chi connectivity index (χ2v) is 4.61. The number of benzene rings is 1. The molecule has 2 N–H and O–H groups in total. The lowest BCUT2D eigenvalue weighted by atomic mass is 10.1. The van der Waals surface area contributed by atoms with Gasteiger partial charge in [0.05, 0.1) is 17.8 Å². The first kappa shape index (κ1) is 16.3. The highest BCUT2D eigenvalue weighted by atomic mass is 19.4. The van der Waals surface area contributed by atoms with E-state index in [2.05, 4.69) is 5.10 Å². The number of alkyl halides is 3. The molecule has 0 aliphatic carbocycles. The lowest BCUT2D eigenvalue weighted by Crippen LogP contribution is -2.22. The Morgan fingerprint density at radius 1 is 1.18 bits per heavy atom. The Balaban J connectivity index is 2.23. The molecule has 0 radical (unpaired) electrons. The Hall–Kier alpha value is -2.06. The van der Waals surface area contributed by atoms with E-state index in [0.29, 0.717) is 17.1 Å². The summed E-state index contributed by atoms with van der Waals surface area (Å²) in [5.74, 6) is 0.369. The van der Waals surface area contributed by atoms with E-state index < -0.39 is 18.0 Å². The van der Waals surface area contributed by atoms with E-state index >= 15 is 0 Å². The summed E-state index contributed by atoms with van der Waals surface area (Å²) < 4.78 is 49.2. The van der Waals surface area contributed by atoms with Crippen molar-refractivity contribution in [3.63, 3.8) is 0 Å². The Kier molecular flexibility index (Phi) is 4.72. The molecule has 2 rings (SSSR count). The van der Waals surface area contributed by atoms with E-state index in [1.165, 1.54) is 31.0 Å². The van der Waals surface area contributed by atoms with Crippen molar-refractivity contribution in [2.45, 2.75) is 19.0 Å². The smallest absolute Gasteiger partial charge is 0.384 e. The molecule has 5 nitrogen and oxygen atoms in total. The Labute approximate surface area is 125 Å². The standard InChI is InChI=1S/C14H16F3N3O2/c1-21-13(22-2)8-20-12(18)7-11(19-20)9-3-5-10(6-4-9)14(15,16)17/h3-7,13H,8,18H2,1-2H3. The first-order chi connectivity index (χ1) is 10.3. The van der Waals surface area contributed by atoms with Crippen LogP contribution >= 0.6 is 0 Å². The van der Waals surface area contributed by atoms with Gasteiger partial charge in [0.1, 0.15) is 5.82 Å². The molecule has 1 aromatic heterocycles. The van der Waals surface area contributed by atoms with Crippen LogP contribution in [0.1, 0.15) is 5.56 Å². The van der Waals surface area contributed by atoms with Gasteiger partial charge >= 0.3 is 6.18 Å². The first-order valence-corrected chi connectivity index (χ1v) is 6.41. The van der Waals surface area contributed by atoms with Gasteiger partial charge < -0.3 is 15.2 Å². The maximum Gasteiger partial charge on any atom is 0.416 e. The summed E-state index contributed by atoms with van der Waals surface area (Å²) in [6.45, 7) is 0.277. The highest BCUT2D eigenvalue weighted by molar-refractivity contribution is 5.62. The number of rotatable bonds is 5. The summed E-state index contributed by atoms with van der Waals surface area (Å²) in [5.41, 5.74) is 6.17. The monoisotopic (exact) mass is 315 g/mol. The number of halogens is 3. The highest BCUT2D eigenvalue weighted by Gasteiger charge is 2.30. The van der Waals surface area contributed by atoms with Crippen LogP contribution in [-0.4, -0.2) is 30.3 Å². The number of anilines is 1. The molecule has 0 spiro atoms. The fourth-order valence-corrected chi connectivity index (χ4v) is 1.94. The minimum atomic E-state index is -4.36. The molecule has 0 fully saturated rings. The molecule has 1 aromatic carbocycles. The maximum atomic E-state index is 12.5. The van der Waals surface area contributed by atoms with Crippen molar-refractivity contribution >= 4 is 5.82 Å².